The van der Waals surface area contributed by atoms with E-state index in [-0.39, 0.29) is 12.4 Å². The van der Waals surface area contributed by atoms with E-state index in [1.807, 2.05) is 0 Å². The van der Waals surface area contributed by atoms with E-state index in [4.69, 9.17) is 5.11 Å². The van der Waals surface area contributed by atoms with Crippen LogP contribution in [0.5, 0.6) is 5.75 Å². The molecule has 19 heavy (non-hydrogen) atoms. The second-order valence-electron chi connectivity index (χ2n) is 3.90. The maximum atomic E-state index is 12.4. The number of aliphatic hydroxyl groups excluding tert-OH is 1. The minimum absolute atomic E-state index is 0.315. The van der Waals surface area contributed by atoms with Gasteiger partial charge in [0.2, 0.25) is 0 Å². The summed E-state index contributed by atoms with van der Waals surface area (Å²) in [5.74, 6) is -0.315. The van der Waals surface area contributed by atoms with Crippen molar-refractivity contribution in [1.82, 2.24) is 0 Å². The second kappa shape index (κ2) is 5.32. The van der Waals surface area contributed by atoms with Crippen molar-refractivity contribution in [2.45, 2.75) is 13.0 Å². The highest BCUT2D eigenvalue weighted by atomic mass is 19.4. The van der Waals surface area contributed by atoms with Gasteiger partial charge in [0, 0.05) is 5.56 Å². The molecule has 0 unspecified atom stereocenters. The number of rotatable bonds is 3. The summed E-state index contributed by atoms with van der Waals surface area (Å²) in [7, 11) is 0. The zero-order chi connectivity index (χ0) is 13.9. The smallest absolute Gasteiger partial charge is 0.405 e. The van der Waals surface area contributed by atoms with Crippen molar-refractivity contribution in [3.8, 4) is 16.9 Å². The first-order valence-electron chi connectivity index (χ1n) is 5.54. The van der Waals surface area contributed by atoms with Crippen molar-refractivity contribution < 1.29 is 23.0 Å². The standard InChI is InChI=1S/C14H11F3O2/c15-14(16,17)19-13-8-10(9-18)6-7-12(13)11-4-2-1-3-5-11/h1-8,18H,9H2. The first-order valence-corrected chi connectivity index (χ1v) is 5.54. The number of halogens is 3. The average molecular weight is 268 g/mol. The van der Waals surface area contributed by atoms with Crippen LogP contribution in [0.2, 0.25) is 0 Å². The minimum atomic E-state index is -4.77. The van der Waals surface area contributed by atoms with Gasteiger partial charge in [-0.15, -0.1) is 13.2 Å². The van der Waals surface area contributed by atoms with Crippen LogP contribution < -0.4 is 4.74 Å². The number of hydrogen-bond acceptors (Lipinski definition) is 2. The third-order valence-corrected chi connectivity index (χ3v) is 2.54. The summed E-state index contributed by atoms with van der Waals surface area (Å²) in [6.07, 6.45) is -4.77. The van der Waals surface area contributed by atoms with Gasteiger partial charge in [-0.2, -0.15) is 0 Å². The van der Waals surface area contributed by atoms with Crippen LogP contribution >= 0.6 is 0 Å². The van der Waals surface area contributed by atoms with Gasteiger partial charge in [0.25, 0.3) is 0 Å². The van der Waals surface area contributed by atoms with Gasteiger partial charge in [-0.3, -0.25) is 0 Å². The van der Waals surface area contributed by atoms with Gasteiger partial charge in [0.15, 0.2) is 0 Å². The lowest BCUT2D eigenvalue weighted by molar-refractivity contribution is -0.274. The quantitative estimate of drug-likeness (QED) is 0.918. The molecule has 0 heterocycles. The van der Waals surface area contributed by atoms with E-state index < -0.39 is 6.36 Å². The molecule has 5 heteroatoms. The highest BCUT2D eigenvalue weighted by Crippen LogP contribution is 2.34. The Kier molecular flexibility index (Phi) is 3.76. The molecule has 0 saturated carbocycles. The van der Waals surface area contributed by atoms with Gasteiger partial charge in [-0.25, -0.2) is 0 Å². The lowest BCUT2D eigenvalue weighted by atomic mass is 10.0. The number of aliphatic hydroxyl groups is 1. The van der Waals surface area contributed by atoms with Crippen LogP contribution in [0.25, 0.3) is 11.1 Å². The Bertz CT molecular complexity index is 550. The van der Waals surface area contributed by atoms with Crippen molar-refractivity contribution in [2.75, 3.05) is 0 Å². The summed E-state index contributed by atoms with van der Waals surface area (Å²) in [6, 6.07) is 12.9. The molecule has 2 rings (SSSR count). The molecule has 0 fully saturated rings. The van der Waals surface area contributed by atoms with E-state index in [9.17, 15) is 13.2 Å². The fraction of sp³-hybridized carbons (Fsp3) is 0.143. The van der Waals surface area contributed by atoms with E-state index in [1.54, 1.807) is 36.4 Å². The molecule has 0 aliphatic rings. The Morgan fingerprint density at radius 2 is 1.68 bits per heavy atom. The third-order valence-electron chi connectivity index (χ3n) is 2.54. The lowest BCUT2D eigenvalue weighted by Gasteiger charge is -2.14. The maximum absolute atomic E-state index is 12.4. The molecule has 0 aromatic heterocycles. The van der Waals surface area contributed by atoms with Crippen LogP contribution in [0.3, 0.4) is 0 Å². The van der Waals surface area contributed by atoms with Gasteiger partial charge >= 0.3 is 6.36 Å². The summed E-state index contributed by atoms with van der Waals surface area (Å²) >= 11 is 0. The van der Waals surface area contributed by atoms with Crippen molar-refractivity contribution >= 4 is 0 Å². The summed E-state index contributed by atoms with van der Waals surface area (Å²) in [4.78, 5) is 0. The van der Waals surface area contributed by atoms with Crippen LogP contribution in [0.1, 0.15) is 5.56 Å². The van der Waals surface area contributed by atoms with Gasteiger partial charge in [-0.1, -0.05) is 42.5 Å². The molecule has 0 aliphatic carbocycles. The number of ether oxygens (including phenoxy) is 1. The fourth-order valence-electron chi connectivity index (χ4n) is 1.73. The molecule has 100 valence electrons. The highest BCUT2D eigenvalue weighted by Gasteiger charge is 2.32. The molecule has 2 aromatic rings. The summed E-state index contributed by atoms with van der Waals surface area (Å²) in [5, 5.41) is 8.99. The Labute approximate surface area is 108 Å². The number of benzene rings is 2. The van der Waals surface area contributed by atoms with Gasteiger partial charge in [0.1, 0.15) is 5.75 Å². The first-order chi connectivity index (χ1) is 8.99. The molecular weight excluding hydrogens is 257 g/mol. The minimum Gasteiger partial charge on any atom is -0.405 e. The molecule has 0 aliphatic heterocycles. The third kappa shape index (κ3) is 3.48. The largest absolute Gasteiger partial charge is 0.573 e. The molecule has 2 aromatic carbocycles. The molecule has 0 amide bonds. The van der Waals surface area contributed by atoms with Crippen LogP contribution in [-0.2, 0) is 6.61 Å². The summed E-state index contributed by atoms with van der Waals surface area (Å²) in [5.41, 5.74) is 1.31. The summed E-state index contributed by atoms with van der Waals surface area (Å²) in [6.45, 7) is -0.344. The topological polar surface area (TPSA) is 29.5 Å². The predicted molar refractivity (Wildman–Crippen MR) is 64.5 cm³/mol. The normalized spacial score (nSPS) is 11.4. The predicted octanol–water partition coefficient (Wildman–Crippen LogP) is 3.74. The Balaban J connectivity index is 2.48. The fourth-order valence-corrected chi connectivity index (χ4v) is 1.73. The Morgan fingerprint density at radius 3 is 2.26 bits per heavy atom. The first kappa shape index (κ1) is 13.4. The zero-order valence-electron chi connectivity index (χ0n) is 9.82. The van der Waals surface area contributed by atoms with Crippen molar-refractivity contribution in [3.63, 3.8) is 0 Å². The van der Waals surface area contributed by atoms with E-state index in [0.717, 1.165) is 0 Å². The maximum Gasteiger partial charge on any atom is 0.573 e. The number of alkyl halides is 3. The van der Waals surface area contributed by atoms with Crippen LogP contribution in [-0.4, -0.2) is 11.5 Å². The molecule has 0 bridgehead atoms. The average Bonchev–Trinajstić information content (AvgIpc) is 2.38. The molecular formula is C14H11F3O2. The van der Waals surface area contributed by atoms with Crippen LogP contribution in [0.15, 0.2) is 48.5 Å². The van der Waals surface area contributed by atoms with Crippen molar-refractivity contribution in [3.05, 3.63) is 54.1 Å². The van der Waals surface area contributed by atoms with Crippen LogP contribution in [0, 0.1) is 0 Å². The van der Waals surface area contributed by atoms with E-state index >= 15 is 0 Å². The van der Waals surface area contributed by atoms with Crippen molar-refractivity contribution in [1.29, 1.82) is 0 Å². The SMILES string of the molecule is OCc1ccc(-c2ccccc2)c(OC(F)(F)F)c1. The van der Waals surface area contributed by atoms with E-state index in [0.29, 0.717) is 16.7 Å². The van der Waals surface area contributed by atoms with E-state index in [2.05, 4.69) is 4.74 Å². The van der Waals surface area contributed by atoms with Crippen molar-refractivity contribution in [2.24, 2.45) is 0 Å². The monoisotopic (exact) mass is 268 g/mol. The van der Waals surface area contributed by atoms with E-state index in [1.165, 1.54) is 12.1 Å². The molecule has 0 spiro atoms. The molecule has 0 radical (unpaired) electrons. The second-order valence-corrected chi connectivity index (χ2v) is 3.90. The molecule has 1 N–H and O–H groups in total. The molecule has 2 nitrogen and oxygen atoms in total. The zero-order valence-corrected chi connectivity index (χ0v) is 9.82. The molecule has 0 atom stereocenters. The van der Waals surface area contributed by atoms with Crippen LogP contribution in [0.4, 0.5) is 13.2 Å². The van der Waals surface area contributed by atoms with Gasteiger partial charge in [0.05, 0.1) is 6.61 Å². The number of hydrogen-bond donors (Lipinski definition) is 1. The summed E-state index contributed by atoms with van der Waals surface area (Å²) < 4.78 is 41.2. The Hall–Kier alpha value is -2.01. The lowest BCUT2D eigenvalue weighted by Crippen LogP contribution is -2.17. The molecule has 0 saturated heterocycles. The highest BCUT2D eigenvalue weighted by molar-refractivity contribution is 5.70. The Morgan fingerprint density at radius 1 is 1.00 bits per heavy atom. The van der Waals surface area contributed by atoms with Gasteiger partial charge in [-0.05, 0) is 17.2 Å². The van der Waals surface area contributed by atoms with Gasteiger partial charge < -0.3 is 9.84 Å².